The van der Waals surface area contributed by atoms with Crippen molar-refractivity contribution < 1.29 is 4.52 Å². The Morgan fingerprint density at radius 1 is 1.42 bits per heavy atom. The first-order valence-electron chi connectivity index (χ1n) is 5.93. The lowest BCUT2D eigenvalue weighted by molar-refractivity contribution is 0.312. The van der Waals surface area contributed by atoms with Crippen LogP contribution in [0, 0.1) is 5.92 Å². The molecular weight excluding hydrogens is 376 g/mol. The molecule has 0 amide bonds. The highest BCUT2D eigenvalue weighted by atomic mass is 79.9. The molecule has 2 rings (SSSR count). The summed E-state index contributed by atoms with van der Waals surface area (Å²) in [5, 5.41) is 3.94. The number of rotatable bonds is 4. The Morgan fingerprint density at radius 3 is 2.79 bits per heavy atom. The van der Waals surface area contributed by atoms with E-state index < -0.39 is 0 Å². The number of nitrogens with zero attached hydrogens (tertiary/aromatic N) is 3. The van der Waals surface area contributed by atoms with E-state index in [0.29, 0.717) is 17.4 Å². The minimum atomic E-state index is -0.250. The first kappa shape index (κ1) is 14.6. The van der Waals surface area contributed by atoms with Gasteiger partial charge in [-0.1, -0.05) is 25.4 Å². The Bertz CT molecular complexity index is 573. The van der Waals surface area contributed by atoms with E-state index in [-0.39, 0.29) is 12.0 Å². The van der Waals surface area contributed by atoms with Crippen molar-refractivity contribution >= 4 is 31.9 Å². The van der Waals surface area contributed by atoms with Crippen LogP contribution < -0.4 is 5.73 Å². The highest BCUT2D eigenvalue weighted by Gasteiger charge is 2.21. The van der Waals surface area contributed by atoms with Gasteiger partial charge in [-0.2, -0.15) is 4.98 Å². The summed E-state index contributed by atoms with van der Waals surface area (Å²) in [6.45, 7) is 4.14. The zero-order valence-corrected chi connectivity index (χ0v) is 13.8. The first-order valence-corrected chi connectivity index (χ1v) is 7.52. The maximum atomic E-state index is 6.07. The van der Waals surface area contributed by atoms with Crippen LogP contribution in [0.25, 0.3) is 11.5 Å². The van der Waals surface area contributed by atoms with Crippen LogP contribution in [0.1, 0.15) is 32.2 Å². The third kappa shape index (κ3) is 3.21. The summed E-state index contributed by atoms with van der Waals surface area (Å²) in [5.41, 5.74) is 6.70. The molecule has 0 radical (unpaired) electrons. The maximum Gasteiger partial charge on any atom is 0.244 e. The van der Waals surface area contributed by atoms with Crippen molar-refractivity contribution in [1.82, 2.24) is 15.1 Å². The molecule has 0 bridgehead atoms. The Kier molecular flexibility index (Phi) is 4.70. The van der Waals surface area contributed by atoms with E-state index in [0.717, 1.165) is 15.4 Å². The molecule has 0 fully saturated rings. The molecule has 0 saturated heterocycles. The molecule has 0 aliphatic heterocycles. The topological polar surface area (TPSA) is 77.8 Å². The van der Waals surface area contributed by atoms with Gasteiger partial charge in [0, 0.05) is 15.1 Å². The summed E-state index contributed by atoms with van der Waals surface area (Å²) < 4.78 is 6.91. The standard InChI is InChI=1S/C12H14Br2N4O/c1-3-6(2)9(15)12-17-11(18-19-12)10-8(14)4-7(13)5-16-10/h4-6,9H,3,15H2,1-2H3/t6?,9-/m0/s1. The van der Waals surface area contributed by atoms with Gasteiger partial charge < -0.3 is 10.3 Å². The molecule has 0 spiro atoms. The van der Waals surface area contributed by atoms with Crippen LogP contribution in [0.5, 0.6) is 0 Å². The Labute approximate surface area is 128 Å². The normalized spacial score (nSPS) is 14.4. The number of nitrogens with two attached hydrogens (primary N) is 1. The number of hydrogen-bond acceptors (Lipinski definition) is 5. The van der Waals surface area contributed by atoms with Crippen LogP contribution >= 0.6 is 31.9 Å². The van der Waals surface area contributed by atoms with Crippen LogP contribution in [0.15, 0.2) is 25.7 Å². The Morgan fingerprint density at radius 2 is 2.16 bits per heavy atom. The van der Waals surface area contributed by atoms with Crippen molar-refractivity contribution in [2.75, 3.05) is 0 Å². The predicted molar refractivity (Wildman–Crippen MR) is 79.3 cm³/mol. The second-order valence-electron chi connectivity index (χ2n) is 4.35. The van der Waals surface area contributed by atoms with Crippen LogP contribution in [0.2, 0.25) is 0 Å². The molecule has 7 heteroatoms. The van der Waals surface area contributed by atoms with Crippen molar-refractivity contribution in [3.8, 4) is 11.5 Å². The predicted octanol–water partition coefficient (Wildman–Crippen LogP) is 3.70. The van der Waals surface area contributed by atoms with E-state index in [9.17, 15) is 0 Å². The molecule has 5 nitrogen and oxygen atoms in total. The van der Waals surface area contributed by atoms with Gasteiger partial charge in [0.15, 0.2) is 0 Å². The number of pyridine rings is 1. The van der Waals surface area contributed by atoms with E-state index >= 15 is 0 Å². The van der Waals surface area contributed by atoms with E-state index in [1.807, 2.05) is 6.07 Å². The Balaban J connectivity index is 2.30. The highest BCUT2D eigenvalue weighted by molar-refractivity contribution is 9.11. The molecule has 0 aromatic carbocycles. The molecule has 0 saturated carbocycles. The van der Waals surface area contributed by atoms with Gasteiger partial charge in [0.05, 0.1) is 6.04 Å². The molecule has 102 valence electrons. The summed E-state index contributed by atoms with van der Waals surface area (Å²) in [4.78, 5) is 8.60. The zero-order chi connectivity index (χ0) is 14.0. The average Bonchev–Trinajstić information content (AvgIpc) is 2.86. The van der Waals surface area contributed by atoms with Crippen LogP contribution in [0.4, 0.5) is 0 Å². The van der Waals surface area contributed by atoms with E-state index in [1.54, 1.807) is 6.20 Å². The lowest BCUT2D eigenvalue weighted by Crippen LogP contribution is -2.18. The molecule has 0 aliphatic rings. The van der Waals surface area contributed by atoms with Gasteiger partial charge in [-0.25, -0.2) is 0 Å². The minimum Gasteiger partial charge on any atom is -0.337 e. The van der Waals surface area contributed by atoms with E-state index in [2.05, 4.69) is 60.8 Å². The number of hydrogen-bond donors (Lipinski definition) is 1. The van der Waals surface area contributed by atoms with Crippen molar-refractivity contribution in [1.29, 1.82) is 0 Å². The van der Waals surface area contributed by atoms with Gasteiger partial charge in [-0.15, -0.1) is 0 Å². The van der Waals surface area contributed by atoms with Gasteiger partial charge in [0.2, 0.25) is 11.7 Å². The second-order valence-corrected chi connectivity index (χ2v) is 6.12. The number of halogens is 2. The third-order valence-electron chi connectivity index (χ3n) is 3.00. The lowest BCUT2D eigenvalue weighted by Gasteiger charge is -2.12. The molecule has 0 aliphatic carbocycles. The third-order valence-corrected chi connectivity index (χ3v) is 4.04. The molecule has 2 N–H and O–H groups in total. The molecule has 2 aromatic heterocycles. The molecule has 2 atom stereocenters. The van der Waals surface area contributed by atoms with Gasteiger partial charge in [0.1, 0.15) is 5.69 Å². The SMILES string of the molecule is CCC(C)[C@H](N)c1nc(-c2ncc(Br)cc2Br)no1. The molecule has 1 unspecified atom stereocenters. The zero-order valence-electron chi connectivity index (χ0n) is 10.6. The maximum absolute atomic E-state index is 6.07. The van der Waals surface area contributed by atoms with Crippen LogP contribution in [-0.2, 0) is 0 Å². The van der Waals surface area contributed by atoms with Crippen molar-refractivity contribution in [3.05, 3.63) is 27.1 Å². The fourth-order valence-corrected chi connectivity index (χ4v) is 2.71. The van der Waals surface area contributed by atoms with Gasteiger partial charge in [-0.05, 0) is 43.8 Å². The van der Waals surface area contributed by atoms with Crippen LogP contribution in [0.3, 0.4) is 0 Å². The summed E-state index contributed by atoms with van der Waals surface area (Å²) in [7, 11) is 0. The fourth-order valence-electron chi connectivity index (χ4n) is 1.54. The summed E-state index contributed by atoms with van der Waals surface area (Å²) in [6.07, 6.45) is 2.64. The molecular formula is C12H14Br2N4O. The smallest absolute Gasteiger partial charge is 0.244 e. The first-order chi connectivity index (χ1) is 9.02. The summed E-state index contributed by atoms with van der Waals surface area (Å²) in [5.74, 6) is 1.17. The van der Waals surface area contributed by atoms with Gasteiger partial charge >= 0.3 is 0 Å². The lowest BCUT2D eigenvalue weighted by atomic mass is 10.0. The fraction of sp³-hybridized carbons (Fsp3) is 0.417. The molecule has 2 heterocycles. The molecule has 2 aromatic rings. The second kappa shape index (κ2) is 6.11. The summed E-state index contributed by atoms with van der Waals surface area (Å²) in [6, 6.07) is 1.63. The monoisotopic (exact) mass is 388 g/mol. The van der Waals surface area contributed by atoms with E-state index in [1.165, 1.54) is 0 Å². The van der Waals surface area contributed by atoms with E-state index in [4.69, 9.17) is 10.3 Å². The number of aromatic nitrogens is 3. The minimum absolute atomic E-state index is 0.250. The molecule has 19 heavy (non-hydrogen) atoms. The summed E-state index contributed by atoms with van der Waals surface area (Å²) >= 11 is 6.78. The highest BCUT2D eigenvalue weighted by Crippen LogP contribution is 2.28. The van der Waals surface area contributed by atoms with Gasteiger partial charge in [0.25, 0.3) is 0 Å². The van der Waals surface area contributed by atoms with Crippen molar-refractivity contribution in [2.24, 2.45) is 11.7 Å². The largest absolute Gasteiger partial charge is 0.337 e. The quantitative estimate of drug-likeness (QED) is 0.862. The Hall–Kier alpha value is -0.790. The van der Waals surface area contributed by atoms with Crippen LogP contribution in [-0.4, -0.2) is 15.1 Å². The van der Waals surface area contributed by atoms with Crippen molar-refractivity contribution in [2.45, 2.75) is 26.3 Å². The van der Waals surface area contributed by atoms with Crippen molar-refractivity contribution in [3.63, 3.8) is 0 Å². The van der Waals surface area contributed by atoms with Gasteiger partial charge in [-0.3, -0.25) is 4.98 Å². The average molecular weight is 390 g/mol.